The Morgan fingerprint density at radius 3 is 2.71 bits per heavy atom. The Balaban J connectivity index is 2.41. The number of alkyl halides is 1. The van der Waals surface area contributed by atoms with Gasteiger partial charge in [0.15, 0.2) is 0 Å². The van der Waals surface area contributed by atoms with Crippen LogP contribution in [0.15, 0.2) is 51.7 Å². The zero-order chi connectivity index (χ0) is 15.0. The predicted molar refractivity (Wildman–Crippen MR) is 89.3 cm³/mol. The van der Waals surface area contributed by atoms with Crippen LogP contribution < -0.4 is 5.56 Å². The van der Waals surface area contributed by atoms with E-state index in [9.17, 15) is 4.79 Å². The second kappa shape index (κ2) is 5.62. The highest BCUT2D eigenvalue weighted by Crippen LogP contribution is 2.23. The molecule has 3 rings (SSSR count). The molecule has 1 heterocycles. The monoisotopic (exact) mass is 362 g/mol. The Morgan fingerprint density at radius 2 is 2.00 bits per heavy atom. The van der Waals surface area contributed by atoms with Crippen molar-refractivity contribution in [2.75, 3.05) is 0 Å². The van der Waals surface area contributed by atoms with Gasteiger partial charge in [-0.05, 0) is 52.7 Å². The van der Waals surface area contributed by atoms with Gasteiger partial charge in [0.25, 0.3) is 5.56 Å². The first-order valence-electron chi connectivity index (χ1n) is 6.45. The summed E-state index contributed by atoms with van der Waals surface area (Å²) in [4.78, 5) is 17.3. The van der Waals surface area contributed by atoms with Crippen molar-refractivity contribution in [1.82, 2.24) is 9.55 Å². The first-order chi connectivity index (χ1) is 10.1. The minimum atomic E-state index is -0.110. The molecule has 3 aromatic rings. The summed E-state index contributed by atoms with van der Waals surface area (Å²) >= 11 is 9.52. The maximum atomic E-state index is 12.8. The van der Waals surface area contributed by atoms with E-state index in [4.69, 9.17) is 11.6 Å². The van der Waals surface area contributed by atoms with E-state index in [0.29, 0.717) is 16.7 Å². The molecule has 0 aliphatic rings. The summed E-state index contributed by atoms with van der Waals surface area (Å²) in [6, 6.07) is 13.1. The van der Waals surface area contributed by atoms with Gasteiger partial charge >= 0.3 is 0 Å². The van der Waals surface area contributed by atoms with E-state index in [-0.39, 0.29) is 11.4 Å². The summed E-state index contributed by atoms with van der Waals surface area (Å²) < 4.78 is 2.41. The molecule has 0 aliphatic carbocycles. The lowest BCUT2D eigenvalue weighted by Gasteiger charge is -2.13. The highest BCUT2D eigenvalue weighted by atomic mass is 79.9. The van der Waals surface area contributed by atoms with E-state index < -0.39 is 0 Å². The summed E-state index contributed by atoms with van der Waals surface area (Å²) in [6.45, 7) is 2.00. The molecule has 0 spiro atoms. The van der Waals surface area contributed by atoms with E-state index in [1.54, 1.807) is 10.6 Å². The molecule has 0 atom stereocenters. The lowest BCUT2D eigenvalue weighted by Crippen LogP contribution is -2.23. The second-order valence-electron chi connectivity index (χ2n) is 4.77. The zero-order valence-corrected chi connectivity index (χ0v) is 13.6. The summed E-state index contributed by atoms with van der Waals surface area (Å²) in [5.41, 5.74) is 2.41. The number of fused-ring (bicyclic) bond motifs is 1. The Morgan fingerprint density at radius 1 is 1.24 bits per heavy atom. The average Bonchev–Trinajstić information content (AvgIpc) is 2.48. The number of nitrogens with zero attached hydrogens (tertiary/aromatic N) is 2. The minimum Gasteiger partial charge on any atom is -0.268 e. The van der Waals surface area contributed by atoms with Gasteiger partial charge in [0, 0.05) is 4.47 Å². The van der Waals surface area contributed by atoms with Gasteiger partial charge in [-0.25, -0.2) is 4.98 Å². The van der Waals surface area contributed by atoms with Crippen LogP contribution >= 0.6 is 27.5 Å². The van der Waals surface area contributed by atoms with Crippen molar-refractivity contribution >= 4 is 38.4 Å². The fourth-order valence-corrected chi connectivity index (χ4v) is 3.16. The molecular weight excluding hydrogens is 352 g/mol. The van der Waals surface area contributed by atoms with E-state index >= 15 is 0 Å². The van der Waals surface area contributed by atoms with Crippen molar-refractivity contribution in [3.05, 3.63) is 68.7 Å². The third-order valence-corrected chi connectivity index (χ3v) is 4.18. The number of benzene rings is 2. The third-order valence-electron chi connectivity index (χ3n) is 3.31. The average molecular weight is 364 g/mol. The molecule has 0 radical (unpaired) electrons. The molecule has 3 nitrogen and oxygen atoms in total. The van der Waals surface area contributed by atoms with Crippen LogP contribution in [-0.2, 0) is 5.88 Å². The van der Waals surface area contributed by atoms with Gasteiger partial charge in [0.05, 0.1) is 22.5 Å². The normalized spacial score (nSPS) is 11.0. The molecule has 0 N–H and O–H groups in total. The first-order valence-corrected chi connectivity index (χ1v) is 7.77. The predicted octanol–water partition coefficient (Wildman–Crippen LogP) is 4.20. The molecule has 0 aliphatic heterocycles. The molecule has 2 aromatic carbocycles. The Labute approximate surface area is 135 Å². The van der Waals surface area contributed by atoms with Gasteiger partial charge in [0.2, 0.25) is 0 Å². The van der Waals surface area contributed by atoms with Gasteiger partial charge < -0.3 is 0 Å². The van der Waals surface area contributed by atoms with Crippen LogP contribution in [0.1, 0.15) is 11.4 Å². The number of hydrogen-bond acceptors (Lipinski definition) is 2. The Bertz CT molecular complexity index is 889. The molecule has 0 fully saturated rings. The van der Waals surface area contributed by atoms with Crippen LogP contribution in [0.4, 0.5) is 0 Å². The number of aryl methyl sites for hydroxylation is 1. The standard InChI is InChI=1S/C16H12BrClN2O/c1-10-6-7-14(12(17)8-10)20-15(9-18)19-13-5-3-2-4-11(13)16(20)21/h2-8H,9H2,1H3. The Hall–Kier alpha value is -1.65. The van der Waals surface area contributed by atoms with Crippen molar-refractivity contribution in [3.63, 3.8) is 0 Å². The van der Waals surface area contributed by atoms with Crippen LogP contribution in [0, 0.1) is 6.92 Å². The summed E-state index contributed by atoms with van der Waals surface area (Å²) in [6.07, 6.45) is 0. The number of hydrogen-bond donors (Lipinski definition) is 0. The number of rotatable bonds is 2. The third kappa shape index (κ3) is 2.49. The summed E-state index contributed by atoms with van der Waals surface area (Å²) in [5.74, 6) is 0.699. The van der Waals surface area contributed by atoms with Gasteiger partial charge in [-0.1, -0.05) is 18.2 Å². The highest BCUT2D eigenvalue weighted by Gasteiger charge is 2.13. The minimum absolute atomic E-state index is 0.110. The maximum absolute atomic E-state index is 12.8. The quantitative estimate of drug-likeness (QED) is 0.640. The molecular formula is C16H12BrClN2O. The van der Waals surface area contributed by atoms with E-state index in [2.05, 4.69) is 20.9 Å². The lowest BCUT2D eigenvalue weighted by molar-refractivity contribution is 0.877. The highest BCUT2D eigenvalue weighted by molar-refractivity contribution is 9.10. The van der Waals surface area contributed by atoms with Gasteiger partial charge in [-0.15, -0.1) is 11.6 Å². The molecule has 106 valence electrons. The second-order valence-corrected chi connectivity index (χ2v) is 5.90. The maximum Gasteiger partial charge on any atom is 0.266 e. The van der Waals surface area contributed by atoms with Gasteiger partial charge in [-0.3, -0.25) is 9.36 Å². The number of aromatic nitrogens is 2. The molecule has 5 heteroatoms. The molecule has 21 heavy (non-hydrogen) atoms. The van der Waals surface area contributed by atoms with E-state index in [1.165, 1.54) is 0 Å². The lowest BCUT2D eigenvalue weighted by atomic mass is 10.2. The molecule has 1 aromatic heterocycles. The zero-order valence-electron chi connectivity index (χ0n) is 11.3. The fraction of sp³-hybridized carbons (Fsp3) is 0.125. The summed E-state index contributed by atoms with van der Waals surface area (Å²) in [7, 11) is 0. The topological polar surface area (TPSA) is 34.9 Å². The van der Waals surface area contributed by atoms with Crippen LogP contribution in [-0.4, -0.2) is 9.55 Å². The fourth-order valence-electron chi connectivity index (χ4n) is 2.31. The van der Waals surface area contributed by atoms with Crippen LogP contribution in [0.2, 0.25) is 0 Å². The van der Waals surface area contributed by atoms with E-state index in [1.807, 2.05) is 43.3 Å². The SMILES string of the molecule is Cc1ccc(-n2c(CCl)nc3ccccc3c2=O)c(Br)c1. The van der Waals surface area contributed by atoms with Gasteiger partial charge in [-0.2, -0.15) is 0 Å². The number of para-hydroxylation sites is 1. The van der Waals surface area contributed by atoms with Crippen molar-refractivity contribution < 1.29 is 0 Å². The largest absolute Gasteiger partial charge is 0.268 e. The first kappa shape index (κ1) is 14.3. The van der Waals surface area contributed by atoms with Crippen LogP contribution in [0.3, 0.4) is 0 Å². The van der Waals surface area contributed by atoms with E-state index in [0.717, 1.165) is 15.7 Å². The summed E-state index contributed by atoms with van der Waals surface area (Å²) in [5, 5.41) is 0.582. The molecule has 0 saturated carbocycles. The van der Waals surface area contributed by atoms with Crippen molar-refractivity contribution in [3.8, 4) is 5.69 Å². The van der Waals surface area contributed by atoms with Crippen molar-refractivity contribution in [1.29, 1.82) is 0 Å². The molecule has 0 unspecified atom stereocenters. The van der Waals surface area contributed by atoms with Crippen LogP contribution in [0.25, 0.3) is 16.6 Å². The van der Waals surface area contributed by atoms with Crippen molar-refractivity contribution in [2.45, 2.75) is 12.8 Å². The molecule has 0 bridgehead atoms. The smallest absolute Gasteiger partial charge is 0.266 e. The Kier molecular flexibility index (Phi) is 3.83. The molecule has 0 saturated heterocycles. The van der Waals surface area contributed by atoms with Gasteiger partial charge in [0.1, 0.15) is 5.82 Å². The number of halogens is 2. The van der Waals surface area contributed by atoms with Crippen LogP contribution in [0.5, 0.6) is 0 Å². The molecule has 0 amide bonds. The van der Waals surface area contributed by atoms with Crippen molar-refractivity contribution in [2.24, 2.45) is 0 Å².